The van der Waals surface area contributed by atoms with Gasteiger partial charge in [0.25, 0.3) is 0 Å². The minimum absolute atomic E-state index is 0. The molecule has 2 saturated heterocycles. The van der Waals surface area contributed by atoms with Gasteiger partial charge in [0, 0.05) is 32.6 Å². The van der Waals surface area contributed by atoms with Crippen molar-refractivity contribution in [3.8, 4) is 5.75 Å². The van der Waals surface area contributed by atoms with Crippen molar-refractivity contribution in [3.63, 3.8) is 0 Å². The highest BCUT2D eigenvalue weighted by molar-refractivity contribution is 6.05. The lowest BCUT2D eigenvalue weighted by atomic mass is 9.86. The van der Waals surface area contributed by atoms with Crippen molar-refractivity contribution in [1.29, 1.82) is 0 Å². The largest absolute Gasteiger partial charge is 0.495 e. The zero-order chi connectivity index (χ0) is 18.0. The smallest absolute Gasteiger partial charge is 0.236 e. The molecule has 0 spiro atoms. The fourth-order valence-electron chi connectivity index (χ4n) is 3.58. The predicted molar refractivity (Wildman–Crippen MR) is 104 cm³/mol. The molecule has 144 valence electrons. The molecule has 2 amide bonds. The third-order valence-electron chi connectivity index (χ3n) is 5.52. The normalized spacial score (nSPS) is 24.0. The summed E-state index contributed by atoms with van der Waals surface area (Å²) in [6.45, 7) is 7.61. The van der Waals surface area contributed by atoms with Gasteiger partial charge in [-0.2, -0.15) is 0 Å². The van der Waals surface area contributed by atoms with Crippen LogP contribution in [0.3, 0.4) is 0 Å². The Morgan fingerprint density at radius 3 is 2.35 bits per heavy atom. The second-order valence-corrected chi connectivity index (χ2v) is 7.14. The monoisotopic (exact) mass is 381 g/mol. The van der Waals surface area contributed by atoms with Crippen molar-refractivity contribution < 1.29 is 14.3 Å². The fourth-order valence-corrected chi connectivity index (χ4v) is 3.58. The van der Waals surface area contributed by atoms with Gasteiger partial charge in [-0.05, 0) is 18.6 Å². The van der Waals surface area contributed by atoms with Crippen molar-refractivity contribution in [1.82, 2.24) is 9.80 Å². The molecule has 1 unspecified atom stereocenters. The molecule has 3 rings (SSSR count). The van der Waals surface area contributed by atoms with Crippen LogP contribution < -0.4 is 9.64 Å². The maximum absolute atomic E-state index is 12.6. The summed E-state index contributed by atoms with van der Waals surface area (Å²) in [5.74, 6) is 0.813. The lowest BCUT2D eigenvalue weighted by molar-refractivity contribution is -0.143. The van der Waals surface area contributed by atoms with Gasteiger partial charge in [-0.1, -0.05) is 26.0 Å². The lowest BCUT2D eigenvalue weighted by Crippen LogP contribution is -2.51. The number of ether oxygens (including phenoxy) is 1. The van der Waals surface area contributed by atoms with E-state index in [-0.39, 0.29) is 24.2 Å². The Morgan fingerprint density at radius 2 is 1.77 bits per heavy atom. The first-order valence-corrected chi connectivity index (χ1v) is 8.93. The minimum atomic E-state index is -0.518. The van der Waals surface area contributed by atoms with Crippen LogP contribution in [-0.2, 0) is 9.59 Å². The van der Waals surface area contributed by atoms with Crippen molar-refractivity contribution in [2.75, 3.05) is 44.9 Å². The number of nitrogens with zero attached hydrogens (tertiary/aromatic N) is 3. The topological polar surface area (TPSA) is 53.1 Å². The van der Waals surface area contributed by atoms with E-state index < -0.39 is 5.41 Å². The number of anilines is 1. The first kappa shape index (κ1) is 20.5. The third-order valence-corrected chi connectivity index (χ3v) is 5.52. The number of carbonyl (C=O) groups excluding carboxylic acids is 2. The molecule has 0 aliphatic carbocycles. The standard InChI is InChI=1S/C19H27N3O3.ClH/c1-4-19(2)13-17(23)22(18(19)24)14-20-9-11-21(12-10-20)15-7-5-6-8-16(15)25-3;/h5-8H,4,9-14H2,1-3H3;1H. The molecule has 2 fully saturated rings. The molecule has 7 heteroatoms. The number of methoxy groups -OCH3 is 1. The van der Waals surface area contributed by atoms with E-state index in [4.69, 9.17) is 4.74 Å². The summed E-state index contributed by atoms with van der Waals surface area (Å²) in [4.78, 5) is 30.7. The SMILES string of the molecule is CCC1(C)CC(=O)N(CN2CCN(c3ccccc3OC)CC2)C1=O.Cl. The van der Waals surface area contributed by atoms with Crippen LogP contribution in [0.25, 0.3) is 0 Å². The van der Waals surface area contributed by atoms with Crippen molar-refractivity contribution in [2.24, 2.45) is 5.41 Å². The van der Waals surface area contributed by atoms with Gasteiger partial charge in [0.05, 0.1) is 24.9 Å². The minimum Gasteiger partial charge on any atom is -0.495 e. The fraction of sp³-hybridized carbons (Fsp3) is 0.579. The highest BCUT2D eigenvalue weighted by Gasteiger charge is 2.47. The molecule has 2 aliphatic rings. The van der Waals surface area contributed by atoms with E-state index in [9.17, 15) is 9.59 Å². The molecular weight excluding hydrogens is 354 g/mol. The summed E-state index contributed by atoms with van der Waals surface area (Å²) < 4.78 is 5.44. The Hall–Kier alpha value is -1.79. The number of para-hydroxylation sites is 2. The summed E-state index contributed by atoms with van der Waals surface area (Å²) in [5.41, 5.74) is 0.576. The van der Waals surface area contributed by atoms with Gasteiger partial charge in [0.2, 0.25) is 11.8 Å². The number of halogens is 1. The molecule has 0 aromatic heterocycles. The Kier molecular flexibility index (Phi) is 6.53. The van der Waals surface area contributed by atoms with E-state index in [0.717, 1.165) is 37.6 Å². The van der Waals surface area contributed by atoms with Gasteiger partial charge in [0.1, 0.15) is 5.75 Å². The van der Waals surface area contributed by atoms with Gasteiger partial charge in [-0.25, -0.2) is 0 Å². The van der Waals surface area contributed by atoms with Crippen LogP contribution in [0.2, 0.25) is 0 Å². The Morgan fingerprint density at radius 1 is 1.12 bits per heavy atom. The molecule has 0 radical (unpaired) electrons. The number of amides is 2. The molecule has 26 heavy (non-hydrogen) atoms. The Balaban J connectivity index is 0.00000243. The summed E-state index contributed by atoms with van der Waals surface area (Å²) in [6.07, 6.45) is 1.04. The second kappa shape index (κ2) is 8.27. The predicted octanol–water partition coefficient (Wildman–Crippen LogP) is 2.37. The Bertz CT molecular complexity index is 661. The number of imide groups is 1. The number of hydrogen-bond acceptors (Lipinski definition) is 5. The maximum Gasteiger partial charge on any atom is 0.236 e. The summed E-state index contributed by atoms with van der Waals surface area (Å²) >= 11 is 0. The Labute approximate surface area is 161 Å². The van der Waals surface area contributed by atoms with Gasteiger partial charge < -0.3 is 9.64 Å². The molecule has 2 aliphatic heterocycles. The molecule has 1 aromatic rings. The quantitative estimate of drug-likeness (QED) is 0.733. The summed E-state index contributed by atoms with van der Waals surface area (Å²) in [6, 6.07) is 8.01. The summed E-state index contributed by atoms with van der Waals surface area (Å²) in [5, 5.41) is 0. The number of carbonyl (C=O) groups is 2. The number of hydrogen-bond donors (Lipinski definition) is 0. The van der Waals surface area contributed by atoms with E-state index in [1.54, 1.807) is 7.11 Å². The summed E-state index contributed by atoms with van der Waals surface area (Å²) in [7, 11) is 1.68. The van der Waals surface area contributed by atoms with Gasteiger partial charge in [-0.15, -0.1) is 12.4 Å². The maximum atomic E-state index is 12.6. The van der Waals surface area contributed by atoms with Crippen LogP contribution in [-0.4, -0.2) is 61.6 Å². The van der Waals surface area contributed by atoms with Crippen molar-refractivity contribution >= 4 is 29.9 Å². The van der Waals surface area contributed by atoms with E-state index in [0.29, 0.717) is 19.5 Å². The van der Waals surface area contributed by atoms with Crippen molar-refractivity contribution in [2.45, 2.75) is 26.7 Å². The van der Waals surface area contributed by atoms with Crippen molar-refractivity contribution in [3.05, 3.63) is 24.3 Å². The molecule has 0 bridgehead atoms. The van der Waals surface area contributed by atoms with Crippen LogP contribution in [0, 0.1) is 5.41 Å². The lowest BCUT2D eigenvalue weighted by Gasteiger charge is -2.38. The molecule has 0 N–H and O–H groups in total. The first-order chi connectivity index (χ1) is 12.0. The van der Waals surface area contributed by atoms with Crippen LogP contribution in [0.4, 0.5) is 5.69 Å². The van der Waals surface area contributed by atoms with Crippen LogP contribution in [0.15, 0.2) is 24.3 Å². The molecule has 0 saturated carbocycles. The molecular formula is C19H28ClN3O3. The zero-order valence-electron chi connectivity index (χ0n) is 15.7. The van der Waals surface area contributed by atoms with Crippen LogP contribution >= 0.6 is 12.4 Å². The average molecular weight is 382 g/mol. The van der Waals surface area contributed by atoms with E-state index in [1.807, 2.05) is 32.0 Å². The second-order valence-electron chi connectivity index (χ2n) is 7.14. The average Bonchev–Trinajstić information content (AvgIpc) is 2.86. The first-order valence-electron chi connectivity index (χ1n) is 8.93. The van der Waals surface area contributed by atoms with E-state index in [2.05, 4.69) is 15.9 Å². The number of rotatable bonds is 5. The van der Waals surface area contributed by atoms with Gasteiger partial charge in [-0.3, -0.25) is 19.4 Å². The number of piperazine rings is 1. The molecule has 1 aromatic carbocycles. The highest BCUT2D eigenvalue weighted by Crippen LogP contribution is 2.35. The van der Waals surface area contributed by atoms with Gasteiger partial charge in [0.15, 0.2) is 0 Å². The molecule has 6 nitrogen and oxygen atoms in total. The van der Waals surface area contributed by atoms with Gasteiger partial charge >= 0.3 is 0 Å². The molecule has 1 atom stereocenters. The number of benzene rings is 1. The zero-order valence-corrected chi connectivity index (χ0v) is 16.6. The van der Waals surface area contributed by atoms with Crippen LogP contribution in [0.1, 0.15) is 26.7 Å². The third kappa shape index (κ3) is 3.81. The molecule has 2 heterocycles. The van der Waals surface area contributed by atoms with E-state index >= 15 is 0 Å². The number of likely N-dealkylation sites (tertiary alicyclic amines) is 1. The highest BCUT2D eigenvalue weighted by atomic mass is 35.5. The van der Waals surface area contributed by atoms with Crippen LogP contribution in [0.5, 0.6) is 5.75 Å². The van der Waals surface area contributed by atoms with E-state index in [1.165, 1.54) is 4.90 Å².